The third-order valence-corrected chi connectivity index (χ3v) is 3.23. The second kappa shape index (κ2) is 4.19. The zero-order valence-corrected chi connectivity index (χ0v) is 9.04. The van der Waals surface area contributed by atoms with Crippen molar-refractivity contribution in [3.63, 3.8) is 0 Å². The normalized spacial score (nSPS) is 16.7. The van der Waals surface area contributed by atoms with Crippen LogP contribution < -0.4 is 5.73 Å². The van der Waals surface area contributed by atoms with Crippen LogP contribution in [-0.4, -0.2) is 18.0 Å². The molecular formula is C12H17FN2. The number of hydrogen-bond donors (Lipinski definition) is 1. The van der Waals surface area contributed by atoms with E-state index >= 15 is 0 Å². The number of halogens is 1. The highest BCUT2D eigenvalue weighted by Crippen LogP contribution is 2.25. The minimum Gasteiger partial charge on any atom is -0.396 e. The van der Waals surface area contributed by atoms with E-state index in [0.29, 0.717) is 18.2 Å². The first kappa shape index (κ1) is 10.4. The molecule has 2 N–H and O–H groups in total. The second-order valence-corrected chi connectivity index (χ2v) is 4.32. The first-order chi connectivity index (χ1) is 7.18. The monoisotopic (exact) mass is 208 g/mol. The van der Waals surface area contributed by atoms with E-state index in [2.05, 4.69) is 4.90 Å². The van der Waals surface area contributed by atoms with E-state index < -0.39 is 0 Å². The van der Waals surface area contributed by atoms with Crippen LogP contribution in [0.1, 0.15) is 24.8 Å². The van der Waals surface area contributed by atoms with Crippen molar-refractivity contribution in [3.8, 4) is 0 Å². The number of nitrogens with two attached hydrogens (primary N) is 1. The zero-order chi connectivity index (χ0) is 10.8. The first-order valence-corrected chi connectivity index (χ1v) is 5.41. The average Bonchev–Trinajstić information content (AvgIpc) is 2.10. The Morgan fingerprint density at radius 3 is 2.80 bits per heavy atom. The molecule has 1 aliphatic carbocycles. The third-order valence-electron chi connectivity index (χ3n) is 3.23. The van der Waals surface area contributed by atoms with E-state index in [1.807, 2.05) is 13.1 Å². The summed E-state index contributed by atoms with van der Waals surface area (Å²) in [6.07, 6.45) is 3.77. The van der Waals surface area contributed by atoms with Crippen molar-refractivity contribution in [2.75, 3.05) is 12.8 Å². The smallest absolute Gasteiger partial charge is 0.150 e. The van der Waals surface area contributed by atoms with Crippen LogP contribution in [0, 0.1) is 5.82 Å². The van der Waals surface area contributed by atoms with Crippen molar-refractivity contribution in [1.29, 1.82) is 0 Å². The molecule has 82 valence electrons. The molecule has 0 heterocycles. The summed E-state index contributed by atoms with van der Waals surface area (Å²) in [6, 6.07) is 5.84. The van der Waals surface area contributed by atoms with E-state index in [9.17, 15) is 4.39 Å². The van der Waals surface area contributed by atoms with Crippen LogP contribution in [0.5, 0.6) is 0 Å². The fourth-order valence-electron chi connectivity index (χ4n) is 1.95. The van der Waals surface area contributed by atoms with Crippen LogP contribution in [0.2, 0.25) is 0 Å². The summed E-state index contributed by atoms with van der Waals surface area (Å²) >= 11 is 0. The van der Waals surface area contributed by atoms with Gasteiger partial charge in [0.1, 0.15) is 0 Å². The van der Waals surface area contributed by atoms with Crippen molar-refractivity contribution in [2.24, 2.45) is 0 Å². The summed E-state index contributed by atoms with van der Waals surface area (Å²) in [6.45, 7) is 0.654. The Bertz CT molecular complexity index is 347. The Labute approximate surface area is 89.9 Å². The quantitative estimate of drug-likeness (QED) is 0.773. The van der Waals surface area contributed by atoms with Gasteiger partial charge in [0.2, 0.25) is 0 Å². The fraction of sp³-hybridized carbons (Fsp3) is 0.500. The molecule has 0 aromatic heterocycles. The highest BCUT2D eigenvalue weighted by atomic mass is 19.1. The van der Waals surface area contributed by atoms with E-state index in [4.69, 9.17) is 5.73 Å². The van der Waals surface area contributed by atoms with Gasteiger partial charge in [-0.1, -0.05) is 18.6 Å². The second-order valence-electron chi connectivity index (χ2n) is 4.32. The maximum atomic E-state index is 13.6. The van der Waals surface area contributed by atoms with Gasteiger partial charge in [-0.15, -0.1) is 0 Å². The molecule has 1 saturated carbocycles. The summed E-state index contributed by atoms with van der Waals surface area (Å²) in [4.78, 5) is 2.21. The standard InChI is InChI=1S/C12H17FN2/c1-15(10-5-3-6-10)8-9-4-2-7-11(14)12(9)13/h2,4,7,10H,3,5-6,8,14H2,1H3. The molecule has 0 bridgehead atoms. The van der Waals surface area contributed by atoms with Crippen molar-refractivity contribution >= 4 is 5.69 Å². The minimum atomic E-state index is -0.260. The number of anilines is 1. The third kappa shape index (κ3) is 2.12. The highest BCUT2D eigenvalue weighted by Gasteiger charge is 2.22. The minimum absolute atomic E-state index is 0.245. The van der Waals surface area contributed by atoms with Gasteiger partial charge in [-0.2, -0.15) is 0 Å². The zero-order valence-electron chi connectivity index (χ0n) is 9.04. The lowest BCUT2D eigenvalue weighted by Gasteiger charge is -2.34. The maximum Gasteiger partial charge on any atom is 0.150 e. The Morgan fingerprint density at radius 2 is 2.20 bits per heavy atom. The van der Waals surface area contributed by atoms with Gasteiger partial charge in [0.05, 0.1) is 5.69 Å². The molecule has 0 saturated heterocycles. The van der Waals surface area contributed by atoms with Crippen molar-refractivity contribution in [1.82, 2.24) is 4.90 Å². The Morgan fingerprint density at radius 1 is 1.47 bits per heavy atom. The van der Waals surface area contributed by atoms with Crippen LogP contribution in [0.25, 0.3) is 0 Å². The Hall–Kier alpha value is -1.09. The van der Waals surface area contributed by atoms with E-state index in [1.165, 1.54) is 19.3 Å². The van der Waals surface area contributed by atoms with E-state index in [1.54, 1.807) is 12.1 Å². The van der Waals surface area contributed by atoms with Gasteiger partial charge in [-0.05, 0) is 26.0 Å². The lowest BCUT2D eigenvalue weighted by Crippen LogP contribution is -2.36. The topological polar surface area (TPSA) is 29.3 Å². The van der Waals surface area contributed by atoms with Crippen LogP contribution in [0.4, 0.5) is 10.1 Å². The number of benzene rings is 1. The van der Waals surface area contributed by atoms with Crippen molar-refractivity contribution < 1.29 is 4.39 Å². The molecule has 0 aliphatic heterocycles. The molecule has 0 radical (unpaired) electrons. The molecule has 15 heavy (non-hydrogen) atoms. The number of nitrogens with zero attached hydrogens (tertiary/aromatic N) is 1. The number of nitrogen functional groups attached to an aromatic ring is 1. The predicted octanol–water partition coefficient (Wildman–Crippen LogP) is 2.39. The maximum absolute atomic E-state index is 13.6. The van der Waals surface area contributed by atoms with E-state index in [0.717, 1.165) is 0 Å². The molecule has 3 heteroatoms. The summed E-state index contributed by atoms with van der Waals surface area (Å²) in [5.41, 5.74) is 6.47. The van der Waals surface area contributed by atoms with Crippen LogP contribution >= 0.6 is 0 Å². The Balaban J connectivity index is 2.06. The molecule has 1 aliphatic rings. The molecule has 1 fully saturated rings. The van der Waals surface area contributed by atoms with Gasteiger partial charge < -0.3 is 5.73 Å². The average molecular weight is 208 g/mol. The Kier molecular flexibility index (Phi) is 2.91. The van der Waals surface area contributed by atoms with Gasteiger partial charge in [0.15, 0.2) is 5.82 Å². The summed E-state index contributed by atoms with van der Waals surface area (Å²) in [5, 5.41) is 0. The van der Waals surface area contributed by atoms with Gasteiger partial charge in [0.25, 0.3) is 0 Å². The van der Waals surface area contributed by atoms with Gasteiger partial charge in [-0.3, -0.25) is 4.90 Å². The molecule has 1 aromatic rings. The largest absolute Gasteiger partial charge is 0.396 e. The highest BCUT2D eigenvalue weighted by molar-refractivity contribution is 5.42. The van der Waals surface area contributed by atoms with Crippen LogP contribution in [0.3, 0.4) is 0 Å². The molecule has 0 amide bonds. The SMILES string of the molecule is CN(Cc1cccc(N)c1F)C1CCC1. The van der Waals surface area contributed by atoms with Gasteiger partial charge in [0, 0.05) is 18.2 Å². The van der Waals surface area contributed by atoms with Gasteiger partial charge in [-0.25, -0.2) is 4.39 Å². The van der Waals surface area contributed by atoms with Crippen molar-refractivity contribution in [3.05, 3.63) is 29.6 Å². The van der Waals surface area contributed by atoms with Crippen molar-refractivity contribution in [2.45, 2.75) is 31.8 Å². The van der Waals surface area contributed by atoms with Gasteiger partial charge >= 0.3 is 0 Å². The molecule has 0 atom stereocenters. The first-order valence-electron chi connectivity index (χ1n) is 5.41. The molecule has 1 aromatic carbocycles. The molecule has 2 nitrogen and oxygen atoms in total. The van der Waals surface area contributed by atoms with E-state index in [-0.39, 0.29) is 11.5 Å². The molecule has 0 unspecified atom stereocenters. The predicted molar refractivity (Wildman–Crippen MR) is 59.9 cm³/mol. The fourth-order valence-corrected chi connectivity index (χ4v) is 1.95. The van der Waals surface area contributed by atoms with Crippen LogP contribution in [0.15, 0.2) is 18.2 Å². The number of hydrogen-bond acceptors (Lipinski definition) is 2. The molecule has 2 rings (SSSR count). The lowest BCUT2D eigenvalue weighted by atomic mass is 9.91. The summed E-state index contributed by atoms with van der Waals surface area (Å²) < 4.78 is 13.6. The molecule has 0 spiro atoms. The lowest BCUT2D eigenvalue weighted by molar-refractivity contribution is 0.151. The summed E-state index contributed by atoms with van der Waals surface area (Å²) in [7, 11) is 2.05. The molecular weight excluding hydrogens is 191 g/mol. The summed E-state index contributed by atoms with van der Waals surface area (Å²) in [5.74, 6) is -0.260. The van der Waals surface area contributed by atoms with Crippen LogP contribution in [-0.2, 0) is 6.54 Å². The number of rotatable bonds is 3.